The molecule has 0 unspecified atom stereocenters. The smallest absolute Gasteiger partial charge is 0.338 e. The van der Waals surface area contributed by atoms with Gasteiger partial charge in [-0.15, -0.1) is 0 Å². The third-order valence-electron chi connectivity index (χ3n) is 4.82. The van der Waals surface area contributed by atoms with Crippen LogP contribution in [0, 0.1) is 6.92 Å². The van der Waals surface area contributed by atoms with E-state index in [1.165, 1.54) is 0 Å². The maximum atomic E-state index is 12.9. The van der Waals surface area contributed by atoms with Crippen LogP contribution in [0.4, 0.5) is 5.69 Å². The number of anilines is 1. The molecule has 0 saturated carbocycles. The fourth-order valence-corrected chi connectivity index (χ4v) is 3.28. The zero-order valence-electron chi connectivity index (χ0n) is 16.7. The van der Waals surface area contributed by atoms with Gasteiger partial charge in [0, 0.05) is 18.0 Å². The van der Waals surface area contributed by atoms with Gasteiger partial charge in [-0.1, -0.05) is 66.7 Å². The molecule has 4 nitrogen and oxygen atoms in total. The van der Waals surface area contributed by atoms with E-state index in [0.29, 0.717) is 24.3 Å². The lowest BCUT2D eigenvalue weighted by molar-refractivity contribution is -0.116. The van der Waals surface area contributed by atoms with Gasteiger partial charge >= 0.3 is 5.97 Å². The van der Waals surface area contributed by atoms with Crippen molar-refractivity contribution in [2.24, 2.45) is 0 Å². The Morgan fingerprint density at radius 2 is 1.48 bits per heavy atom. The van der Waals surface area contributed by atoms with Crippen LogP contribution in [0.5, 0.6) is 0 Å². The molecule has 4 heteroatoms. The molecule has 29 heavy (non-hydrogen) atoms. The van der Waals surface area contributed by atoms with Crippen molar-refractivity contribution in [3.63, 3.8) is 0 Å². The normalized spacial score (nSPS) is 10.6. The molecule has 3 rings (SSSR count). The molecule has 3 aromatic carbocycles. The van der Waals surface area contributed by atoms with Gasteiger partial charge in [0.2, 0.25) is 5.91 Å². The number of rotatable bonds is 7. The Kier molecular flexibility index (Phi) is 6.80. The van der Waals surface area contributed by atoms with Crippen LogP contribution in [0.2, 0.25) is 0 Å². The van der Waals surface area contributed by atoms with Crippen molar-refractivity contribution >= 4 is 17.6 Å². The van der Waals surface area contributed by atoms with Crippen LogP contribution in [0.25, 0.3) is 0 Å². The maximum Gasteiger partial charge on any atom is 0.338 e. The summed E-state index contributed by atoms with van der Waals surface area (Å²) in [5, 5.41) is 2.97. The highest BCUT2D eigenvalue weighted by Gasteiger charge is 2.19. The lowest BCUT2D eigenvalue weighted by atomic mass is 9.88. The fourth-order valence-electron chi connectivity index (χ4n) is 3.28. The lowest BCUT2D eigenvalue weighted by Gasteiger charge is -2.18. The first-order valence-corrected chi connectivity index (χ1v) is 9.76. The second kappa shape index (κ2) is 9.69. The first kappa shape index (κ1) is 20.3. The SMILES string of the molecule is CCOC(=O)c1ccc(C)c(NC(=O)CC(c2ccccc2)c2ccccc2)c1. The highest BCUT2D eigenvalue weighted by atomic mass is 16.5. The first-order chi connectivity index (χ1) is 14.1. The summed E-state index contributed by atoms with van der Waals surface area (Å²) >= 11 is 0. The van der Waals surface area contributed by atoms with E-state index in [2.05, 4.69) is 5.32 Å². The summed E-state index contributed by atoms with van der Waals surface area (Å²) in [5.74, 6) is -0.549. The zero-order valence-corrected chi connectivity index (χ0v) is 16.7. The third kappa shape index (κ3) is 5.32. The van der Waals surface area contributed by atoms with Crippen molar-refractivity contribution in [2.75, 3.05) is 11.9 Å². The van der Waals surface area contributed by atoms with Gasteiger partial charge < -0.3 is 10.1 Å². The van der Waals surface area contributed by atoms with Gasteiger partial charge in [-0.25, -0.2) is 4.79 Å². The Balaban J connectivity index is 1.81. The molecule has 0 atom stereocenters. The Morgan fingerprint density at radius 3 is 2.03 bits per heavy atom. The minimum absolute atomic E-state index is 0.0501. The standard InChI is InChI=1S/C25H25NO3/c1-3-29-25(28)21-15-14-18(2)23(16-21)26-24(27)17-22(19-10-6-4-7-11-19)20-12-8-5-9-13-20/h4-16,22H,3,17H2,1-2H3,(H,26,27). The number of aryl methyl sites for hydroxylation is 1. The number of amides is 1. The van der Waals surface area contributed by atoms with Crippen molar-refractivity contribution in [3.8, 4) is 0 Å². The number of nitrogens with one attached hydrogen (secondary N) is 1. The monoisotopic (exact) mass is 387 g/mol. The number of carbonyl (C=O) groups is 2. The van der Waals surface area contributed by atoms with Crippen molar-refractivity contribution in [2.45, 2.75) is 26.2 Å². The number of benzene rings is 3. The van der Waals surface area contributed by atoms with Gasteiger partial charge in [-0.05, 0) is 42.7 Å². The van der Waals surface area contributed by atoms with E-state index in [4.69, 9.17) is 4.74 Å². The highest BCUT2D eigenvalue weighted by molar-refractivity contribution is 5.95. The molecule has 0 radical (unpaired) electrons. The van der Waals surface area contributed by atoms with Gasteiger partial charge in [-0.2, -0.15) is 0 Å². The summed E-state index contributed by atoms with van der Waals surface area (Å²) in [5.41, 5.74) is 4.12. The Hall–Kier alpha value is -3.40. The zero-order chi connectivity index (χ0) is 20.6. The van der Waals surface area contributed by atoms with Crippen molar-refractivity contribution in [1.29, 1.82) is 0 Å². The number of hydrogen-bond donors (Lipinski definition) is 1. The third-order valence-corrected chi connectivity index (χ3v) is 4.82. The molecule has 148 valence electrons. The van der Waals surface area contributed by atoms with Crippen LogP contribution in [-0.2, 0) is 9.53 Å². The van der Waals surface area contributed by atoms with Gasteiger partial charge in [0.05, 0.1) is 12.2 Å². The van der Waals surface area contributed by atoms with E-state index >= 15 is 0 Å². The quantitative estimate of drug-likeness (QED) is 0.557. The molecule has 0 aliphatic heterocycles. The molecule has 3 aromatic rings. The average molecular weight is 387 g/mol. The number of esters is 1. The molecule has 0 bridgehead atoms. The van der Waals surface area contributed by atoms with Gasteiger partial charge in [0.25, 0.3) is 0 Å². The number of carbonyl (C=O) groups excluding carboxylic acids is 2. The lowest BCUT2D eigenvalue weighted by Crippen LogP contribution is -2.17. The number of hydrogen-bond acceptors (Lipinski definition) is 3. The highest BCUT2D eigenvalue weighted by Crippen LogP contribution is 2.28. The predicted octanol–water partition coefficient (Wildman–Crippen LogP) is 5.33. The van der Waals surface area contributed by atoms with Crippen molar-refractivity contribution < 1.29 is 14.3 Å². The summed E-state index contributed by atoms with van der Waals surface area (Å²) in [6.07, 6.45) is 0.303. The van der Waals surface area contributed by atoms with E-state index < -0.39 is 5.97 Å². The van der Waals surface area contributed by atoms with Crippen LogP contribution in [0.3, 0.4) is 0 Å². The molecule has 0 aromatic heterocycles. The molecule has 0 saturated heterocycles. The topological polar surface area (TPSA) is 55.4 Å². The molecular weight excluding hydrogens is 362 g/mol. The van der Waals surface area contributed by atoms with Crippen LogP contribution < -0.4 is 5.32 Å². The molecule has 0 fully saturated rings. The summed E-state index contributed by atoms with van der Waals surface area (Å²) < 4.78 is 5.06. The predicted molar refractivity (Wildman–Crippen MR) is 115 cm³/mol. The maximum absolute atomic E-state index is 12.9. The summed E-state index contributed by atoms with van der Waals surface area (Å²) in [7, 11) is 0. The molecule has 0 spiro atoms. The van der Waals surface area contributed by atoms with E-state index in [1.807, 2.05) is 73.7 Å². The second-order valence-electron chi connectivity index (χ2n) is 6.88. The Morgan fingerprint density at radius 1 is 0.897 bits per heavy atom. The number of ether oxygens (including phenoxy) is 1. The minimum atomic E-state index is -0.394. The molecule has 1 N–H and O–H groups in total. The summed E-state index contributed by atoms with van der Waals surface area (Å²) in [4.78, 5) is 24.9. The van der Waals surface area contributed by atoms with E-state index in [9.17, 15) is 9.59 Å². The molecule has 0 heterocycles. The van der Waals surface area contributed by atoms with Crippen molar-refractivity contribution in [1.82, 2.24) is 0 Å². The molecule has 0 aliphatic carbocycles. The summed E-state index contributed by atoms with van der Waals surface area (Å²) in [6.45, 7) is 3.97. The molecular formula is C25H25NO3. The van der Waals surface area contributed by atoms with Crippen LogP contribution in [0.15, 0.2) is 78.9 Å². The van der Waals surface area contributed by atoms with Gasteiger partial charge in [0.15, 0.2) is 0 Å². The Labute approximate surface area is 171 Å². The Bertz CT molecular complexity index is 928. The average Bonchev–Trinajstić information content (AvgIpc) is 2.75. The van der Waals surface area contributed by atoms with Crippen LogP contribution in [0.1, 0.15) is 46.3 Å². The fraction of sp³-hybridized carbons (Fsp3) is 0.200. The van der Waals surface area contributed by atoms with E-state index in [1.54, 1.807) is 19.1 Å². The van der Waals surface area contributed by atoms with Gasteiger partial charge in [0.1, 0.15) is 0 Å². The van der Waals surface area contributed by atoms with Crippen molar-refractivity contribution in [3.05, 3.63) is 101 Å². The van der Waals surface area contributed by atoms with Gasteiger partial charge in [-0.3, -0.25) is 4.79 Å². The summed E-state index contributed by atoms with van der Waals surface area (Å²) in [6, 6.07) is 25.2. The largest absolute Gasteiger partial charge is 0.462 e. The minimum Gasteiger partial charge on any atom is -0.462 e. The molecule has 1 amide bonds. The van der Waals surface area contributed by atoms with E-state index in [-0.39, 0.29) is 11.8 Å². The van der Waals surface area contributed by atoms with Crippen LogP contribution in [-0.4, -0.2) is 18.5 Å². The molecule has 0 aliphatic rings. The second-order valence-corrected chi connectivity index (χ2v) is 6.88. The van der Waals surface area contributed by atoms with Crippen LogP contribution >= 0.6 is 0 Å². The first-order valence-electron chi connectivity index (χ1n) is 9.76. The van der Waals surface area contributed by atoms with E-state index in [0.717, 1.165) is 16.7 Å².